The minimum Gasteiger partial charge on any atom is -0.490 e. The molecule has 0 heterocycles. The van der Waals surface area contributed by atoms with Gasteiger partial charge in [0.1, 0.15) is 0 Å². The fourth-order valence-electron chi connectivity index (χ4n) is 2.17. The van der Waals surface area contributed by atoms with E-state index in [1.165, 1.54) is 18.4 Å². The van der Waals surface area contributed by atoms with Crippen LogP contribution in [0.15, 0.2) is 18.2 Å². The molecule has 3 nitrogen and oxygen atoms in total. The van der Waals surface area contributed by atoms with E-state index in [2.05, 4.69) is 31.3 Å². The van der Waals surface area contributed by atoms with Crippen LogP contribution in [0.1, 0.15) is 46.1 Å². The predicted octanol–water partition coefficient (Wildman–Crippen LogP) is 3.80. The molecule has 1 aromatic carbocycles. The van der Waals surface area contributed by atoms with Gasteiger partial charge in [-0.3, -0.25) is 0 Å². The highest BCUT2D eigenvalue weighted by Crippen LogP contribution is 2.28. The highest BCUT2D eigenvalue weighted by Gasteiger charge is 2.08. The van der Waals surface area contributed by atoms with Crippen LogP contribution >= 0.6 is 0 Å². The zero-order valence-electron chi connectivity index (χ0n) is 13.4. The zero-order chi connectivity index (χ0) is 14.8. The molecule has 114 valence electrons. The van der Waals surface area contributed by atoms with Crippen LogP contribution in [0.3, 0.4) is 0 Å². The maximum Gasteiger partial charge on any atom is 0.161 e. The minimum atomic E-state index is 0.481. The van der Waals surface area contributed by atoms with Crippen LogP contribution in [0.4, 0.5) is 0 Å². The van der Waals surface area contributed by atoms with Gasteiger partial charge < -0.3 is 14.8 Å². The summed E-state index contributed by atoms with van der Waals surface area (Å²) in [5.74, 6) is 1.69. The Morgan fingerprint density at radius 2 is 1.75 bits per heavy atom. The molecule has 1 unspecified atom stereocenters. The van der Waals surface area contributed by atoms with Crippen molar-refractivity contribution < 1.29 is 9.47 Å². The molecule has 0 aliphatic carbocycles. The summed E-state index contributed by atoms with van der Waals surface area (Å²) in [7, 11) is 0. The minimum absolute atomic E-state index is 0.481. The summed E-state index contributed by atoms with van der Waals surface area (Å²) in [4.78, 5) is 0. The van der Waals surface area contributed by atoms with Crippen molar-refractivity contribution in [3.8, 4) is 11.5 Å². The molecule has 0 amide bonds. The molecule has 0 aliphatic rings. The van der Waals surface area contributed by atoms with Crippen LogP contribution in [0.2, 0.25) is 0 Å². The quantitative estimate of drug-likeness (QED) is 0.661. The van der Waals surface area contributed by atoms with E-state index in [4.69, 9.17) is 9.47 Å². The van der Waals surface area contributed by atoms with Crippen molar-refractivity contribution in [3.05, 3.63) is 23.8 Å². The zero-order valence-corrected chi connectivity index (χ0v) is 13.4. The number of ether oxygens (including phenoxy) is 2. The van der Waals surface area contributed by atoms with Crippen molar-refractivity contribution in [1.29, 1.82) is 0 Å². The van der Waals surface area contributed by atoms with Crippen molar-refractivity contribution in [2.75, 3.05) is 19.8 Å². The van der Waals surface area contributed by atoms with E-state index in [-0.39, 0.29) is 0 Å². The number of benzene rings is 1. The van der Waals surface area contributed by atoms with Gasteiger partial charge in [-0.05, 0) is 57.9 Å². The fourth-order valence-corrected chi connectivity index (χ4v) is 2.17. The van der Waals surface area contributed by atoms with E-state index in [1.54, 1.807) is 0 Å². The van der Waals surface area contributed by atoms with Crippen LogP contribution < -0.4 is 14.8 Å². The SMILES string of the molecule is CCCCNC(C)Cc1ccc(OCC)c(OCC)c1. The lowest BCUT2D eigenvalue weighted by molar-refractivity contribution is 0.287. The molecular weight excluding hydrogens is 250 g/mol. The largest absolute Gasteiger partial charge is 0.490 e. The molecule has 0 saturated carbocycles. The average Bonchev–Trinajstić information content (AvgIpc) is 2.42. The lowest BCUT2D eigenvalue weighted by atomic mass is 10.1. The Balaban J connectivity index is 2.63. The van der Waals surface area contributed by atoms with Gasteiger partial charge in [0.05, 0.1) is 13.2 Å². The van der Waals surface area contributed by atoms with E-state index in [1.807, 2.05) is 19.9 Å². The highest BCUT2D eigenvalue weighted by atomic mass is 16.5. The monoisotopic (exact) mass is 279 g/mol. The molecule has 0 aliphatic heterocycles. The smallest absolute Gasteiger partial charge is 0.161 e. The van der Waals surface area contributed by atoms with Gasteiger partial charge in [-0.1, -0.05) is 19.4 Å². The Morgan fingerprint density at radius 3 is 2.40 bits per heavy atom. The number of nitrogens with one attached hydrogen (secondary N) is 1. The van der Waals surface area contributed by atoms with E-state index in [0.29, 0.717) is 19.3 Å². The number of rotatable bonds is 10. The summed E-state index contributed by atoms with van der Waals surface area (Å²) in [6.07, 6.45) is 3.48. The molecule has 0 bridgehead atoms. The van der Waals surface area contributed by atoms with Gasteiger partial charge in [-0.2, -0.15) is 0 Å². The second-order valence-electron chi connectivity index (χ2n) is 5.06. The molecule has 0 aromatic heterocycles. The first-order chi connectivity index (χ1) is 9.71. The maximum absolute atomic E-state index is 5.66. The van der Waals surface area contributed by atoms with Crippen molar-refractivity contribution in [2.45, 2.75) is 53.0 Å². The Hall–Kier alpha value is -1.22. The van der Waals surface area contributed by atoms with Gasteiger partial charge in [-0.15, -0.1) is 0 Å². The standard InChI is InChI=1S/C17H29NO2/c1-5-8-11-18-14(4)12-15-9-10-16(19-6-2)17(13-15)20-7-3/h9-10,13-14,18H,5-8,11-12H2,1-4H3. The van der Waals surface area contributed by atoms with Crippen LogP contribution in [0.5, 0.6) is 11.5 Å². The molecule has 1 rings (SSSR count). The van der Waals surface area contributed by atoms with Gasteiger partial charge >= 0.3 is 0 Å². The van der Waals surface area contributed by atoms with Crippen LogP contribution in [0.25, 0.3) is 0 Å². The van der Waals surface area contributed by atoms with Crippen molar-refractivity contribution in [1.82, 2.24) is 5.32 Å². The summed E-state index contributed by atoms with van der Waals surface area (Å²) in [5.41, 5.74) is 1.29. The molecule has 20 heavy (non-hydrogen) atoms. The molecule has 0 fully saturated rings. The van der Waals surface area contributed by atoms with Crippen molar-refractivity contribution in [2.24, 2.45) is 0 Å². The van der Waals surface area contributed by atoms with Gasteiger partial charge in [0.2, 0.25) is 0 Å². The van der Waals surface area contributed by atoms with Gasteiger partial charge in [0.25, 0.3) is 0 Å². The summed E-state index contributed by atoms with van der Waals surface area (Å²) < 4.78 is 11.3. The molecule has 0 radical (unpaired) electrons. The normalized spacial score (nSPS) is 12.2. The molecule has 0 saturated heterocycles. The fraction of sp³-hybridized carbons (Fsp3) is 0.647. The second-order valence-corrected chi connectivity index (χ2v) is 5.06. The summed E-state index contributed by atoms with van der Waals surface area (Å²) in [5, 5.41) is 3.55. The number of unbranched alkanes of at least 4 members (excludes halogenated alkanes) is 1. The Morgan fingerprint density at radius 1 is 1.05 bits per heavy atom. The first-order valence-electron chi connectivity index (χ1n) is 7.83. The van der Waals surface area contributed by atoms with Crippen LogP contribution in [0, 0.1) is 0 Å². The lowest BCUT2D eigenvalue weighted by Crippen LogP contribution is -2.28. The predicted molar refractivity (Wildman–Crippen MR) is 84.9 cm³/mol. The lowest BCUT2D eigenvalue weighted by Gasteiger charge is -2.16. The van der Waals surface area contributed by atoms with Crippen LogP contribution in [-0.4, -0.2) is 25.8 Å². The molecule has 1 atom stereocenters. The molecular formula is C17H29NO2. The van der Waals surface area contributed by atoms with E-state index in [0.717, 1.165) is 24.5 Å². The topological polar surface area (TPSA) is 30.5 Å². The Labute approximate surface area is 123 Å². The Bertz CT molecular complexity index is 379. The third-order valence-electron chi connectivity index (χ3n) is 3.17. The van der Waals surface area contributed by atoms with E-state index >= 15 is 0 Å². The first-order valence-corrected chi connectivity index (χ1v) is 7.83. The third-order valence-corrected chi connectivity index (χ3v) is 3.17. The second kappa shape index (κ2) is 9.65. The highest BCUT2D eigenvalue weighted by molar-refractivity contribution is 5.43. The molecule has 0 spiro atoms. The van der Waals surface area contributed by atoms with Gasteiger partial charge in [0, 0.05) is 6.04 Å². The van der Waals surface area contributed by atoms with Crippen LogP contribution in [-0.2, 0) is 6.42 Å². The third kappa shape index (κ3) is 5.83. The summed E-state index contributed by atoms with van der Waals surface area (Å²) >= 11 is 0. The number of hydrogen-bond acceptors (Lipinski definition) is 3. The maximum atomic E-state index is 5.66. The van der Waals surface area contributed by atoms with Gasteiger partial charge in [0.15, 0.2) is 11.5 Å². The molecule has 3 heteroatoms. The molecule has 1 aromatic rings. The van der Waals surface area contributed by atoms with E-state index in [9.17, 15) is 0 Å². The summed E-state index contributed by atoms with van der Waals surface area (Å²) in [6, 6.07) is 6.73. The number of hydrogen-bond donors (Lipinski definition) is 1. The van der Waals surface area contributed by atoms with Crippen molar-refractivity contribution in [3.63, 3.8) is 0 Å². The molecule has 1 N–H and O–H groups in total. The summed E-state index contributed by atoms with van der Waals surface area (Å²) in [6.45, 7) is 10.8. The average molecular weight is 279 g/mol. The van der Waals surface area contributed by atoms with Gasteiger partial charge in [-0.25, -0.2) is 0 Å². The van der Waals surface area contributed by atoms with Crippen molar-refractivity contribution >= 4 is 0 Å². The van der Waals surface area contributed by atoms with E-state index < -0.39 is 0 Å². The Kier molecular flexibility index (Phi) is 8.12. The first kappa shape index (κ1) is 16.8.